The SMILES string of the molecule is N#Cc1c(N)[nH]c(=O)c(C#N)c1-c1cccc(OC(F)F)c1. The second kappa shape index (κ2) is 5.94. The van der Waals surface area contributed by atoms with Gasteiger partial charge in [-0.1, -0.05) is 12.1 Å². The second-order valence-corrected chi connectivity index (χ2v) is 4.12. The van der Waals surface area contributed by atoms with Crippen LogP contribution in [-0.4, -0.2) is 11.6 Å². The molecule has 1 aromatic heterocycles. The van der Waals surface area contributed by atoms with Crippen LogP contribution in [0.25, 0.3) is 11.1 Å². The van der Waals surface area contributed by atoms with Gasteiger partial charge in [-0.3, -0.25) is 4.79 Å². The maximum Gasteiger partial charge on any atom is 0.387 e. The van der Waals surface area contributed by atoms with Gasteiger partial charge in [0.2, 0.25) is 0 Å². The highest BCUT2D eigenvalue weighted by atomic mass is 19.3. The van der Waals surface area contributed by atoms with Crippen molar-refractivity contribution < 1.29 is 13.5 Å². The van der Waals surface area contributed by atoms with Crippen LogP contribution >= 0.6 is 0 Å². The van der Waals surface area contributed by atoms with E-state index in [1.165, 1.54) is 24.3 Å². The normalized spacial score (nSPS) is 10.0. The van der Waals surface area contributed by atoms with E-state index in [4.69, 9.17) is 11.0 Å². The molecule has 0 amide bonds. The number of anilines is 1. The van der Waals surface area contributed by atoms with E-state index >= 15 is 0 Å². The molecule has 0 bridgehead atoms. The number of nitrogens with one attached hydrogen (secondary N) is 1. The van der Waals surface area contributed by atoms with Crippen molar-refractivity contribution in [3.8, 4) is 29.0 Å². The van der Waals surface area contributed by atoms with Gasteiger partial charge in [0.15, 0.2) is 0 Å². The van der Waals surface area contributed by atoms with Gasteiger partial charge in [-0.15, -0.1) is 0 Å². The van der Waals surface area contributed by atoms with Gasteiger partial charge >= 0.3 is 6.61 Å². The molecule has 0 saturated heterocycles. The van der Waals surface area contributed by atoms with Crippen LogP contribution in [0.15, 0.2) is 29.1 Å². The first-order valence-electron chi connectivity index (χ1n) is 5.89. The summed E-state index contributed by atoms with van der Waals surface area (Å²) >= 11 is 0. The second-order valence-electron chi connectivity index (χ2n) is 4.12. The molecule has 0 aliphatic rings. The van der Waals surface area contributed by atoms with Crippen molar-refractivity contribution in [2.24, 2.45) is 0 Å². The molecular formula is C14H8F2N4O2. The number of nitrogen functional groups attached to an aromatic ring is 1. The molecule has 0 atom stereocenters. The van der Waals surface area contributed by atoms with Gasteiger partial charge in [-0.2, -0.15) is 19.3 Å². The summed E-state index contributed by atoms with van der Waals surface area (Å²) in [6, 6.07) is 8.80. The average Bonchev–Trinajstić information content (AvgIpc) is 2.46. The number of rotatable bonds is 3. The fourth-order valence-electron chi connectivity index (χ4n) is 1.96. The van der Waals surface area contributed by atoms with Gasteiger partial charge in [0, 0.05) is 5.56 Å². The maximum absolute atomic E-state index is 12.3. The van der Waals surface area contributed by atoms with Crippen LogP contribution in [0, 0.1) is 22.7 Å². The minimum absolute atomic E-state index is 0.0223. The van der Waals surface area contributed by atoms with Crippen molar-refractivity contribution in [3.05, 3.63) is 45.7 Å². The predicted octanol–water partition coefficient (Wildman–Crippen LogP) is 1.97. The molecule has 3 N–H and O–H groups in total. The molecular weight excluding hydrogens is 294 g/mol. The number of nitrogens with two attached hydrogens (primary N) is 1. The first-order chi connectivity index (χ1) is 10.5. The summed E-state index contributed by atoms with van der Waals surface area (Å²) in [5, 5.41) is 18.3. The number of benzene rings is 1. The van der Waals surface area contributed by atoms with E-state index in [1.54, 1.807) is 12.1 Å². The number of ether oxygens (including phenoxy) is 1. The molecule has 1 aromatic carbocycles. The van der Waals surface area contributed by atoms with Gasteiger partial charge < -0.3 is 15.5 Å². The minimum Gasteiger partial charge on any atom is -0.435 e. The molecule has 0 unspecified atom stereocenters. The van der Waals surface area contributed by atoms with Crippen LogP contribution in [0.2, 0.25) is 0 Å². The highest BCUT2D eigenvalue weighted by Crippen LogP contribution is 2.30. The summed E-state index contributed by atoms with van der Waals surface area (Å²) in [5.41, 5.74) is 4.53. The lowest BCUT2D eigenvalue weighted by atomic mass is 9.96. The van der Waals surface area contributed by atoms with Crippen molar-refractivity contribution >= 4 is 5.82 Å². The number of alkyl halides is 2. The third kappa shape index (κ3) is 2.72. The van der Waals surface area contributed by atoms with E-state index < -0.39 is 12.2 Å². The molecule has 0 aliphatic carbocycles. The molecule has 110 valence electrons. The van der Waals surface area contributed by atoms with Crippen molar-refractivity contribution in [2.75, 3.05) is 5.73 Å². The Labute approximate surface area is 123 Å². The fraction of sp³-hybridized carbons (Fsp3) is 0.0714. The van der Waals surface area contributed by atoms with Crippen molar-refractivity contribution in [1.82, 2.24) is 4.98 Å². The zero-order valence-corrected chi connectivity index (χ0v) is 10.9. The first kappa shape index (κ1) is 15.0. The summed E-state index contributed by atoms with van der Waals surface area (Å²) in [6.07, 6.45) is 0. The predicted molar refractivity (Wildman–Crippen MR) is 73.0 cm³/mol. The van der Waals surface area contributed by atoms with E-state index in [-0.39, 0.29) is 33.8 Å². The first-order valence-corrected chi connectivity index (χ1v) is 5.89. The molecule has 0 spiro atoms. The number of nitriles is 2. The van der Waals surface area contributed by atoms with E-state index in [0.29, 0.717) is 0 Å². The third-order valence-corrected chi connectivity index (χ3v) is 2.82. The standard InChI is InChI=1S/C14H8F2N4O2/c15-14(16)22-8-3-1-2-7(4-8)11-9(5-17)12(19)20-13(21)10(11)6-18/h1-4,14H,(H3,19,20,21). The number of aromatic amines is 1. The molecule has 2 rings (SSSR count). The zero-order chi connectivity index (χ0) is 16.3. The van der Waals surface area contributed by atoms with Crippen LogP contribution in [0.1, 0.15) is 11.1 Å². The lowest BCUT2D eigenvalue weighted by Gasteiger charge is -2.10. The molecule has 22 heavy (non-hydrogen) atoms. The average molecular weight is 302 g/mol. The van der Waals surface area contributed by atoms with Crippen molar-refractivity contribution in [1.29, 1.82) is 10.5 Å². The highest BCUT2D eigenvalue weighted by molar-refractivity contribution is 5.80. The van der Waals surface area contributed by atoms with Crippen molar-refractivity contribution in [2.45, 2.75) is 6.61 Å². The largest absolute Gasteiger partial charge is 0.435 e. The van der Waals surface area contributed by atoms with Crippen LogP contribution in [0.3, 0.4) is 0 Å². The molecule has 6 nitrogen and oxygen atoms in total. The van der Waals surface area contributed by atoms with Gasteiger partial charge in [0.05, 0.1) is 0 Å². The van der Waals surface area contributed by atoms with Gasteiger partial charge in [0.25, 0.3) is 5.56 Å². The lowest BCUT2D eigenvalue weighted by molar-refractivity contribution is -0.0498. The van der Waals surface area contributed by atoms with E-state index in [1.807, 2.05) is 0 Å². The van der Waals surface area contributed by atoms with Crippen LogP contribution in [-0.2, 0) is 0 Å². The van der Waals surface area contributed by atoms with Crippen molar-refractivity contribution in [3.63, 3.8) is 0 Å². The molecule has 0 aliphatic heterocycles. The highest BCUT2D eigenvalue weighted by Gasteiger charge is 2.18. The number of hydrogen-bond donors (Lipinski definition) is 2. The Morgan fingerprint density at radius 3 is 2.50 bits per heavy atom. The monoisotopic (exact) mass is 302 g/mol. The molecule has 1 heterocycles. The number of pyridine rings is 1. The van der Waals surface area contributed by atoms with E-state index in [0.717, 1.165) is 0 Å². The summed E-state index contributed by atoms with van der Waals surface area (Å²) in [7, 11) is 0. The Hall–Kier alpha value is -3.39. The van der Waals surface area contributed by atoms with Crippen LogP contribution in [0.5, 0.6) is 5.75 Å². The molecule has 8 heteroatoms. The summed E-state index contributed by atoms with van der Waals surface area (Å²) in [5.74, 6) is -0.374. The number of nitrogens with zero attached hydrogens (tertiary/aromatic N) is 2. The zero-order valence-electron chi connectivity index (χ0n) is 10.9. The number of halogens is 2. The maximum atomic E-state index is 12.3. The smallest absolute Gasteiger partial charge is 0.387 e. The summed E-state index contributed by atoms with van der Waals surface area (Å²) < 4.78 is 28.8. The lowest BCUT2D eigenvalue weighted by Crippen LogP contribution is -2.16. The number of hydrogen-bond acceptors (Lipinski definition) is 5. The summed E-state index contributed by atoms with van der Waals surface area (Å²) in [4.78, 5) is 14.0. The molecule has 0 radical (unpaired) electrons. The Bertz CT molecular complexity index is 863. The van der Waals surface area contributed by atoms with Gasteiger partial charge in [-0.05, 0) is 17.7 Å². The minimum atomic E-state index is -3.02. The molecule has 0 saturated carbocycles. The van der Waals surface area contributed by atoms with Gasteiger partial charge in [0.1, 0.15) is 34.8 Å². The van der Waals surface area contributed by atoms with Gasteiger partial charge in [-0.25, -0.2) is 0 Å². The quantitative estimate of drug-likeness (QED) is 0.899. The third-order valence-electron chi connectivity index (χ3n) is 2.82. The summed E-state index contributed by atoms with van der Waals surface area (Å²) in [6.45, 7) is -3.02. The Kier molecular flexibility index (Phi) is 4.05. The van der Waals surface area contributed by atoms with Crippen LogP contribution < -0.4 is 16.0 Å². The van der Waals surface area contributed by atoms with E-state index in [2.05, 4.69) is 9.72 Å². The Morgan fingerprint density at radius 2 is 1.91 bits per heavy atom. The molecule has 2 aromatic rings. The number of aromatic nitrogens is 1. The fourth-order valence-corrected chi connectivity index (χ4v) is 1.96. The Balaban J connectivity index is 2.75. The topological polar surface area (TPSA) is 116 Å². The molecule has 0 fully saturated rings. The number of H-pyrrole nitrogens is 1. The van der Waals surface area contributed by atoms with Crippen LogP contribution in [0.4, 0.5) is 14.6 Å². The Morgan fingerprint density at radius 1 is 1.23 bits per heavy atom. The van der Waals surface area contributed by atoms with E-state index in [9.17, 15) is 18.8 Å².